The summed E-state index contributed by atoms with van der Waals surface area (Å²) < 4.78 is 5.07. The van der Waals surface area contributed by atoms with E-state index in [4.69, 9.17) is 10.3 Å². The predicted molar refractivity (Wildman–Crippen MR) is 66.5 cm³/mol. The van der Waals surface area contributed by atoms with E-state index in [-0.39, 0.29) is 5.91 Å². The van der Waals surface area contributed by atoms with Gasteiger partial charge in [-0.25, -0.2) is 0 Å². The summed E-state index contributed by atoms with van der Waals surface area (Å²) in [5.74, 6) is 1.03. The van der Waals surface area contributed by atoms with Crippen molar-refractivity contribution in [2.24, 2.45) is 0 Å². The largest absolute Gasteiger partial charge is 0.381 e. The topological polar surface area (TPSA) is 84.4 Å². The molecule has 0 radical (unpaired) electrons. The number of rotatable bonds is 2. The van der Waals surface area contributed by atoms with Gasteiger partial charge in [0, 0.05) is 24.6 Å². The third-order valence-electron chi connectivity index (χ3n) is 2.81. The molecule has 18 heavy (non-hydrogen) atoms. The van der Waals surface area contributed by atoms with Gasteiger partial charge in [-0.2, -0.15) is 0 Å². The number of hydrogen-bond acceptors (Lipinski definition) is 5. The van der Waals surface area contributed by atoms with Gasteiger partial charge in [-0.1, -0.05) is 5.16 Å². The van der Waals surface area contributed by atoms with Crippen molar-refractivity contribution in [1.82, 2.24) is 10.6 Å². The molecule has 6 nitrogen and oxygen atoms in total. The van der Waals surface area contributed by atoms with Crippen molar-refractivity contribution in [2.75, 3.05) is 17.3 Å². The zero-order chi connectivity index (χ0) is 12.5. The predicted octanol–water partition coefficient (Wildman–Crippen LogP) is 1.17. The first kappa shape index (κ1) is 10.6. The van der Waals surface area contributed by atoms with Gasteiger partial charge in [0.1, 0.15) is 0 Å². The highest BCUT2D eigenvalue weighted by atomic mass is 16.5. The average Bonchev–Trinajstić information content (AvgIpc) is 2.98. The van der Waals surface area contributed by atoms with Crippen LogP contribution in [0.2, 0.25) is 0 Å². The maximum absolute atomic E-state index is 11.1. The van der Waals surface area contributed by atoms with E-state index in [1.807, 2.05) is 29.3 Å². The fourth-order valence-electron chi connectivity index (χ4n) is 1.90. The van der Waals surface area contributed by atoms with Gasteiger partial charge < -0.3 is 10.3 Å². The van der Waals surface area contributed by atoms with Crippen LogP contribution in [0.15, 0.2) is 34.9 Å². The van der Waals surface area contributed by atoms with Gasteiger partial charge in [0.2, 0.25) is 5.91 Å². The van der Waals surface area contributed by atoms with E-state index in [0.29, 0.717) is 24.5 Å². The fraction of sp³-hybridized carbons (Fsp3) is 0.167. The average molecular weight is 244 g/mol. The minimum Gasteiger partial charge on any atom is -0.381 e. The lowest BCUT2D eigenvalue weighted by Gasteiger charge is -2.17. The molecule has 0 bridgehead atoms. The number of carbonyl (C=O) groups excluding carboxylic acids is 1. The van der Waals surface area contributed by atoms with Gasteiger partial charge in [-0.3, -0.25) is 15.2 Å². The molecular weight excluding hydrogens is 232 g/mol. The summed E-state index contributed by atoms with van der Waals surface area (Å²) in [6, 6.07) is 9.31. The van der Waals surface area contributed by atoms with Crippen LogP contribution in [-0.4, -0.2) is 17.6 Å². The van der Waals surface area contributed by atoms with E-state index < -0.39 is 0 Å². The highest BCUT2D eigenvalue weighted by Gasteiger charge is 2.18. The van der Waals surface area contributed by atoms with Crippen LogP contribution in [0.3, 0.4) is 0 Å². The van der Waals surface area contributed by atoms with Gasteiger partial charge in [0.25, 0.3) is 0 Å². The zero-order valence-electron chi connectivity index (χ0n) is 9.59. The maximum Gasteiger partial charge on any atom is 0.240 e. The Morgan fingerprint density at radius 3 is 2.67 bits per heavy atom. The lowest BCUT2D eigenvalue weighted by atomic mass is 10.1. The highest BCUT2D eigenvalue weighted by molar-refractivity contribution is 5.81. The summed E-state index contributed by atoms with van der Waals surface area (Å²) in [4.78, 5) is 11.1. The first-order valence-electron chi connectivity index (χ1n) is 5.62. The Kier molecular flexibility index (Phi) is 2.40. The summed E-state index contributed by atoms with van der Waals surface area (Å²) >= 11 is 0. The number of anilines is 2. The van der Waals surface area contributed by atoms with Gasteiger partial charge >= 0.3 is 0 Å². The second-order valence-electron chi connectivity index (χ2n) is 4.10. The summed E-state index contributed by atoms with van der Waals surface area (Å²) in [7, 11) is 0. The van der Waals surface area contributed by atoms with E-state index in [9.17, 15) is 4.79 Å². The molecule has 1 fully saturated rings. The van der Waals surface area contributed by atoms with Crippen molar-refractivity contribution in [3.8, 4) is 11.3 Å². The molecule has 1 aliphatic rings. The first-order valence-corrected chi connectivity index (χ1v) is 5.62. The number of hydrogen-bond donors (Lipinski definition) is 2. The van der Waals surface area contributed by atoms with Crippen molar-refractivity contribution in [3.05, 3.63) is 30.3 Å². The van der Waals surface area contributed by atoms with Crippen molar-refractivity contribution in [3.63, 3.8) is 0 Å². The molecule has 1 aliphatic heterocycles. The van der Waals surface area contributed by atoms with Crippen LogP contribution >= 0.6 is 0 Å². The zero-order valence-corrected chi connectivity index (χ0v) is 9.59. The molecule has 1 aromatic heterocycles. The molecule has 0 spiro atoms. The number of nitrogens with two attached hydrogens (primary N) is 1. The lowest BCUT2D eigenvalue weighted by molar-refractivity contribution is -0.119. The minimum atomic E-state index is 0.0436. The lowest BCUT2D eigenvalue weighted by Crippen LogP contribution is -2.32. The molecule has 3 N–H and O–H groups in total. The van der Waals surface area contributed by atoms with Crippen molar-refractivity contribution in [2.45, 2.75) is 6.42 Å². The number of hydrazine groups is 1. The number of benzene rings is 1. The van der Waals surface area contributed by atoms with Crippen LogP contribution in [0.25, 0.3) is 11.3 Å². The smallest absolute Gasteiger partial charge is 0.240 e. The molecule has 2 heterocycles. The summed E-state index contributed by atoms with van der Waals surface area (Å²) in [6.45, 7) is 0.688. The molecular formula is C12H12N4O2. The number of carbonyl (C=O) groups is 1. The fourth-order valence-corrected chi connectivity index (χ4v) is 1.90. The van der Waals surface area contributed by atoms with Crippen LogP contribution < -0.4 is 16.2 Å². The molecule has 0 unspecified atom stereocenters. The number of nitrogens with one attached hydrogen (secondary N) is 1. The number of nitrogens with zero attached hydrogens (tertiary/aromatic N) is 2. The van der Waals surface area contributed by atoms with E-state index in [1.165, 1.54) is 0 Å². The van der Waals surface area contributed by atoms with Gasteiger partial charge in [-0.15, -0.1) is 0 Å². The van der Waals surface area contributed by atoms with E-state index in [1.54, 1.807) is 6.07 Å². The van der Waals surface area contributed by atoms with Crippen molar-refractivity contribution >= 4 is 17.4 Å². The number of amides is 1. The number of aromatic nitrogens is 1. The third-order valence-corrected chi connectivity index (χ3v) is 2.81. The quantitative estimate of drug-likeness (QED) is 0.828. The third kappa shape index (κ3) is 1.88. The Bertz CT molecular complexity index is 576. The maximum atomic E-state index is 11.1. The first-order chi connectivity index (χ1) is 8.72. The Morgan fingerprint density at radius 1 is 1.33 bits per heavy atom. The molecule has 1 saturated heterocycles. The molecule has 3 rings (SSSR count). The molecule has 0 atom stereocenters. The molecule has 2 aromatic rings. The summed E-state index contributed by atoms with van der Waals surface area (Å²) in [6.07, 6.45) is 0.528. The van der Waals surface area contributed by atoms with Crippen LogP contribution in [0.5, 0.6) is 0 Å². The second kappa shape index (κ2) is 4.06. The number of nitrogen functional groups attached to an aromatic ring is 1. The molecule has 92 valence electrons. The van der Waals surface area contributed by atoms with Crippen molar-refractivity contribution < 1.29 is 9.32 Å². The molecule has 1 amide bonds. The summed E-state index contributed by atoms with van der Waals surface area (Å²) in [5, 5.41) is 5.46. The Balaban J connectivity index is 1.83. The van der Waals surface area contributed by atoms with E-state index in [2.05, 4.69) is 10.6 Å². The molecule has 1 aromatic carbocycles. The van der Waals surface area contributed by atoms with Crippen LogP contribution in [0.1, 0.15) is 6.42 Å². The van der Waals surface area contributed by atoms with Crippen LogP contribution in [-0.2, 0) is 4.79 Å². The minimum absolute atomic E-state index is 0.0436. The van der Waals surface area contributed by atoms with Gasteiger partial charge in [-0.05, 0) is 24.3 Å². The summed E-state index contributed by atoms with van der Waals surface area (Å²) in [5.41, 5.74) is 10.1. The Morgan fingerprint density at radius 2 is 2.11 bits per heavy atom. The standard InChI is InChI=1S/C12H12N4O2/c13-11-7-10(18-15-11)8-1-3-9(4-2-8)16-6-5-12(17)14-16/h1-4,7H,5-6H2,(H2,13,15)(H,14,17). The highest BCUT2D eigenvalue weighted by Crippen LogP contribution is 2.24. The van der Waals surface area contributed by atoms with Crippen LogP contribution in [0.4, 0.5) is 11.5 Å². The Hall–Kier alpha value is -2.50. The van der Waals surface area contributed by atoms with Crippen LogP contribution in [0, 0.1) is 0 Å². The second-order valence-corrected chi connectivity index (χ2v) is 4.10. The monoisotopic (exact) mass is 244 g/mol. The van der Waals surface area contributed by atoms with Crippen molar-refractivity contribution in [1.29, 1.82) is 0 Å². The van der Waals surface area contributed by atoms with E-state index >= 15 is 0 Å². The molecule has 6 heteroatoms. The SMILES string of the molecule is Nc1cc(-c2ccc(N3CCC(=O)N3)cc2)on1. The normalized spacial score (nSPS) is 14.9. The van der Waals surface area contributed by atoms with Gasteiger partial charge in [0.15, 0.2) is 11.6 Å². The molecule has 0 aliphatic carbocycles. The van der Waals surface area contributed by atoms with Gasteiger partial charge in [0.05, 0.1) is 5.69 Å². The molecule has 0 saturated carbocycles. The Labute approximate surface area is 103 Å². The van der Waals surface area contributed by atoms with E-state index in [0.717, 1.165) is 11.3 Å².